The molecule has 1 atom stereocenters. The number of para-hydroxylation sites is 1. The molecule has 1 aromatic carbocycles. The van der Waals surface area contributed by atoms with Crippen LogP contribution in [0.4, 0.5) is 0 Å². The maximum Gasteiger partial charge on any atom is 0.260 e. The van der Waals surface area contributed by atoms with E-state index in [1.54, 1.807) is 19.1 Å². The second kappa shape index (κ2) is 6.10. The van der Waals surface area contributed by atoms with Crippen LogP contribution >= 0.6 is 11.6 Å². The van der Waals surface area contributed by atoms with E-state index in [-0.39, 0.29) is 5.91 Å². The van der Waals surface area contributed by atoms with Crippen molar-refractivity contribution in [2.45, 2.75) is 44.8 Å². The molecule has 1 saturated carbocycles. The van der Waals surface area contributed by atoms with E-state index in [4.69, 9.17) is 16.3 Å². The van der Waals surface area contributed by atoms with Crippen molar-refractivity contribution in [2.75, 3.05) is 0 Å². The fraction of sp³-hybridized carbons (Fsp3) is 0.500. The molecule has 0 unspecified atom stereocenters. The minimum Gasteiger partial charge on any atom is -0.479 e. The lowest BCUT2D eigenvalue weighted by Gasteiger charge is -2.18. The summed E-state index contributed by atoms with van der Waals surface area (Å²) in [6, 6.07) is 7.50. The summed E-state index contributed by atoms with van der Waals surface area (Å²) in [6.45, 7) is 1.74. The normalized spacial score (nSPS) is 17.4. The van der Waals surface area contributed by atoms with Crippen LogP contribution < -0.4 is 10.1 Å². The number of amides is 1. The summed E-state index contributed by atoms with van der Waals surface area (Å²) in [5.41, 5.74) is 0. The van der Waals surface area contributed by atoms with Crippen molar-refractivity contribution in [3.05, 3.63) is 29.3 Å². The minimum atomic E-state index is -0.523. The molecule has 1 aliphatic carbocycles. The molecular weight excluding hydrogens is 250 g/mol. The molecule has 1 amide bonds. The van der Waals surface area contributed by atoms with Gasteiger partial charge in [0, 0.05) is 6.04 Å². The summed E-state index contributed by atoms with van der Waals surface area (Å²) in [7, 11) is 0. The SMILES string of the molecule is C[C@@H](Oc1ccccc1Cl)C(=O)NC1CCCC1. The van der Waals surface area contributed by atoms with Crippen LogP contribution in [-0.4, -0.2) is 18.1 Å². The van der Waals surface area contributed by atoms with E-state index < -0.39 is 6.10 Å². The highest BCUT2D eigenvalue weighted by Crippen LogP contribution is 2.24. The predicted molar refractivity (Wildman–Crippen MR) is 71.9 cm³/mol. The van der Waals surface area contributed by atoms with Gasteiger partial charge in [0.1, 0.15) is 5.75 Å². The smallest absolute Gasteiger partial charge is 0.260 e. The van der Waals surface area contributed by atoms with Gasteiger partial charge < -0.3 is 10.1 Å². The largest absolute Gasteiger partial charge is 0.479 e. The lowest BCUT2D eigenvalue weighted by Crippen LogP contribution is -2.41. The Kier molecular flexibility index (Phi) is 4.48. The predicted octanol–water partition coefficient (Wildman–Crippen LogP) is 3.17. The number of hydrogen-bond donors (Lipinski definition) is 1. The van der Waals surface area contributed by atoms with Crippen LogP contribution in [0.5, 0.6) is 5.75 Å². The van der Waals surface area contributed by atoms with Crippen LogP contribution in [0.2, 0.25) is 5.02 Å². The average molecular weight is 268 g/mol. The van der Waals surface area contributed by atoms with E-state index in [2.05, 4.69) is 5.32 Å². The Hall–Kier alpha value is -1.22. The van der Waals surface area contributed by atoms with Gasteiger partial charge in [-0.25, -0.2) is 0 Å². The van der Waals surface area contributed by atoms with Crippen molar-refractivity contribution in [1.29, 1.82) is 0 Å². The first kappa shape index (κ1) is 13.2. The molecule has 1 aromatic rings. The molecule has 18 heavy (non-hydrogen) atoms. The Balaban J connectivity index is 1.89. The van der Waals surface area contributed by atoms with Crippen molar-refractivity contribution in [3.8, 4) is 5.75 Å². The van der Waals surface area contributed by atoms with Gasteiger partial charge in [-0.1, -0.05) is 36.6 Å². The summed E-state index contributed by atoms with van der Waals surface area (Å²) < 4.78 is 5.57. The van der Waals surface area contributed by atoms with Gasteiger partial charge in [0.05, 0.1) is 5.02 Å². The number of nitrogens with one attached hydrogen (secondary N) is 1. The van der Waals surface area contributed by atoms with Crippen LogP contribution in [0.15, 0.2) is 24.3 Å². The minimum absolute atomic E-state index is 0.0678. The van der Waals surface area contributed by atoms with Gasteiger partial charge in [-0.2, -0.15) is 0 Å². The number of carbonyl (C=O) groups excluding carboxylic acids is 1. The number of hydrogen-bond acceptors (Lipinski definition) is 2. The Morgan fingerprint density at radius 1 is 1.39 bits per heavy atom. The molecule has 3 nitrogen and oxygen atoms in total. The molecule has 0 radical (unpaired) electrons. The van der Waals surface area contributed by atoms with Crippen molar-refractivity contribution in [1.82, 2.24) is 5.32 Å². The van der Waals surface area contributed by atoms with E-state index in [1.165, 1.54) is 12.8 Å². The van der Waals surface area contributed by atoms with E-state index in [0.717, 1.165) is 12.8 Å². The number of rotatable bonds is 4. The van der Waals surface area contributed by atoms with E-state index >= 15 is 0 Å². The van der Waals surface area contributed by atoms with Gasteiger partial charge in [-0.05, 0) is 31.9 Å². The zero-order valence-electron chi connectivity index (χ0n) is 10.5. The molecule has 98 valence electrons. The molecule has 2 rings (SSSR count). The van der Waals surface area contributed by atoms with Crippen molar-refractivity contribution in [3.63, 3.8) is 0 Å². The molecule has 0 saturated heterocycles. The van der Waals surface area contributed by atoms with Gasteiger partial charge in [0.15, 0.2) is 6.10 Å². The summed E-state index contributed by atoms with van der Waals surface area (Å²) in [5.74, 6) is 0.482. The first-order valence-electron chi connectivity index (χ1n) is 6.38. The summed E-state index contributed by atoms with van der Waals surface area (Å²) in [6.07, 6.45) is 4.02. The molecule has 0 bridgehead atoms. The van der Waals surface area contributed by atoms with E-state index in [0.29, 0.717) is 16.8 Å². The third-order valence-electron chi connectivity index (χ3n) is 3.21. The molecular formula is C14H18ClNO2. The third kappa shape index (κ3) is 3.39. The van der Waals surface area contributed by atoms with Gasteiger partial charge in [0.2, 0.25) is 0 Å². The maximum absolute atomic E-state index is 11.9. The quantitative estimate of drug-likeness (QED) is 0.910. The summed E-state index contributed by atoms with van der Waals surface area (Å²) in [5, 5.41) is 3.54. The van der Waals surface area contributed by atoms with E-state index in [9.17, 15) is 4.79 Å². The highest BCUT2D eigenvalue weighted by Gasteiger charge is 2.21. The topological polar surface area (TPSA) is 38.3 Å². The fourth-order valence-electron chi connectivity index (χ4n) is 2.17. The van der Waals surface area contributed by atoms with Crippen molar-refractivity contribution >= 4 is 17.5 Å². The first-order valence-corrected chi connectivity index (χ1v) is 6.76. The monoisotopic (exact) mass is 267 g/mol. The van der Waals surface area contributed by atoms with Gasteiger partial charge in [-0.15, -0.1) is 0 Å². The van der Waals surface area contributed by atoms with Crippen LogP contribution in [0.25, 0.3) is 0 Å². The number of carbonyl (C=O) groups is 1. The second-order valence-corrected chi connectivity index (χ2v) is 5.09. The van der Waals surface area contributed by atoms with Crippen LogP contribution in [0, 0.1) is 0 Å². The van der Waals surface area contributed by atoms with Crippen molar-refractivity contribution < 1.29 is 9.53 Å². The molecule has 1 fully saturated rings. The average Bonchev–Trinajstić information content (AvgIpc) is 2.84. The summed E-state index contributed by atoms with van der Waals surface area (Å²) >= 11 is 5.99. The zero-order valence-corrected chi connectivity index (χ0v) is 11.2. The third-order valence-corrected chi connectivity index (χ3v) is 3.52. The highest BCUT2D eigenvalue weighted by molar-refractivity contribution is 6.32. The number of benzene rings is 1. The molecule has 4 heteroatoms. The Morgan fingerprint density at radius 2 is 2.06 bits per heavy atom. The standard InChI is InChI=1S/C14H18ClNO2/c1-10(14(17)16-11-6-2-3-7-11)18-13-9-5-4-8-12(13)15/h4-5,8-11H,2-3,6-7H2,1H3,(H,16,17)/t10-/m1/s1. The van der Waals surface area contributed by atoms with Gasteiger partial charge >= 0.3 is 0 Å². The summed E-state index contributed by atoms with van der Waals surface area (Å²) in [4.78, 5) is 11.9. The molecule has 0 spiro atoms. The lowest BCUT2D eigenvalue weighted by atomic mass is 10.2. The van der Waals surface area contributed by atoms with Crippen LogP contribution in [-0.2, 0) is 4.79 Å². The lowest BCUT2D eigenvalue weighted by molar-refractivity contribution is -0.127. The van der Waals surface area contributed by atoms with Gasteiger partial charge in [0.25, 0.3) is 5.91 Å². The van der Waals surface area contributed by atoms with Gasteiger partial charge in [-0.3, -0.25) is 4.79 Å². The van der Waals surface area contributed by atoms with Crippen molar-refractivity contribution in [2.24, 2.45) is 0 Å². The molecule has 1 aliphatic rings. The van der Waals surface area contributed by atoms with Crippen LogP contribution in [0.1, 0.15) is 32.6 Å². The number of halogens is 1. The maximum atomic E-state index is 11.9. The number of ether oxygens (including phenoxy) is 1. The molecule has 0 aromatic heterocycles. The molecule has 0 aliphatic heterocycles. The zero-order chi connectivity index (χ0) is 13.0. The van der Waals surface area contributed by atoms with Crippen LogP contribution in [0.3, 0.4) is 0 Å². The molecule has 0 heterocycles. The Bertz CT molecular complexity index is 416. The first-order chi connectivity index (χ1) is 8.66. The Morgan fingerprint density at radius 3 is 2.72 bits per heavy atom. The fourth-order valence-corrected chi connectivity index (χ4v) is 2.35. The Labute approximate surface area is 112 Å². The molecule has 1 N–H and O–H groups in total. The van der Waals surface area contributed by atoms with E-state index in [1.807, 2.05) is 12.1 Å². The highest BCUT2D eigenvalue weighted by atomic mass is 35.5. The second-order valence-electron chi connectivity index (χ2n) is 4.68.